The summed E-state index contributed by atoms with van der Waals surface area (Å²) in [5.41, 5.74) is 8.18. The maximum absolute atomic E-state index is 10.3. The molecule has 3 rings (SSSR count). The number of nitrogens with zero attached hydrogens (tertiary/aromatic N) is 2. The van der Waals surface area contributed by atoms with Crippen LogP contribution >= 0.6 is 0 Å². The number of rotatable bonds is 6. The van der Waals surface area contributed by atoms with Crippen LogP contribution in [0.4, 0.5) is 5.95 Å². The summed E-state index contributed by atoms with van der Waals surface area (Å²) >= 11 is 0. The van der Waals surface area contributed by atoms with Crippen molar-refractivity contribution in [3.05, 3.63) is 48.5 Å². The lowest BCUT2D eigenvalue weighted by Gasteiger charge is -2.12. The molecule has 0 bridgehead atoms. The maximum Gasteiger partial charge on any atom is 0.355 e. The fraction of sp³-hybridized carbons (Fsp3) is 0.278. The molecule has 1 atom stereocenters. The Morgan fingerprint density at radius 1 is 1.12 bits per heavy atom. The molecule has 0 aliphatic rings. The number of hydrogen-bond donors (Lipinski definition) is 2. The van der Waals surface area contributed by atoms with Gasteiger partial charge in [0.05, 0.1) is 14.2 Å². The van der Waals surface area contributed by atoms with Gasteiger partial charge in [-0.25, -0.2) is 9.13 Å². The van der Waals surface area contributed by atoms with Gasteiger partial charge in [0.2, 0.25) is 0 Å². The first-order valence-corrected chi connectivity index (χ1v) is 7.78. The molecule has 1 aromatic heterocycles. The molecule has 0 radical (unpaired) electrons. The molecular formula is C18H22N3O3+. The third-order valence-electron chi connectivity index (χ3n) is 4.05. The minimum Gasteiger partial charge on any atom is -0.497 e. The average Bonchev–Trinajstić information content (AvgIpc) is 2.86. The summed E-state index contributed by atoms with van der Waals surface area (Å²) in [6, 6.07) is 15.2. The van der Waals surface area contributed by atoms with E-state index in [-0.39, 0.29) is 6.61 Å². The van der Waals surface area contributed by atoms with E-state index in [2.05, 4.69) is 0 Å². The topological polar surface area (TPSA) is 73.5 Å². The summed E-state index contributed by atoms with van der Waals surface area (Å²) in [7, 11) is 3.53. The van der Waals surface area contributed by atoms with Crippen molar-refractivity contribution in [1.82, 2.24) is 4.57 Å². The third kappa shape index (κ3) is 3.14. The molecule has 0 spiro atoms. The summed E-state index contributed by atoms with van der Waals surface area (Å²) in [4.78, 5) is 0. The second-order valence-corrected chi connectivity index (χ2v) is 5.66. The number of para-hydroxylation sites is 2. The Bertz CT molecular complexity index is 827. The highest BCUT2D eigenvalue weighted by molar-refractivity contribution is 5.73. The number of hydrogen-bond acceptors (Lipinski definition) is 4. The summed E-state index contributed by atoms with van der Waals surface area (Å²) < 4.78 is 14.5. The van der Waals surface area contributed by atoms with E-state index in [0.717, 1.165) is 16.8 Å². The monoisotopic (exact) mass is 328 g/mol. The average molecular weight is 328 g/mol. The number of imidazole rings is 1. The molecule has 3 aromatic rings. The fourth-order valence-electron chi connectivity index (χ4n) is 2.72. The van der Waals surface area contributed by atoms with Gasteiger partial charge in [-0.2, -0.15) is 0 Å². The fourth-order valence-corrected chi connectivity index (χ4v) is 2.72. The molecule has 0 aliphatic carbocycles. The van der Waals surface area contributed by atoms with Crippen molar-refractivity contribution < 1.29 is 19.1 Å². The zero-order chi connectivity index (χ0) is 17.1. The number of ether oxygens (including phenoxy) is 2. The van der Waals surface area contributed by atoms with E-state index in [1.807, 2.05) is 64.7 Å². The van der Waals surface area contributed by atoms with Crippen LogP contribution in [0.25, 0.3) is 11.0 Å². The van der Waals surface area contributed by atoms with E-state index in [4.69, 9.17) is 15.2 Å². The molecule has 126 valence electrons. The molecule has 1 heterocycles. The first kappa shape index (κ1) is 16.1. The number of fused-ring (bicyclic) bond motifs is 1. The summed E-state index contributed by atoms with van der Waals surface area (Å²) in [5.74, 6) is 2.05. The van der Waals surface area contributed by atoms with Gasteiger partial charge >= 0.3 is 5.95 Å². The molecule has 24 heavy (non-hydrogen) atoms. The number of aryl methyl sites for hydroxylation is 1. The Kier molecular flexibility index (Phi) is 4.57. The van der Waals surface area contributed by atoms with Gasteiger partial charge in [0, 0.05) is 0 Å². The molecule has 0 aliphatic heterocycles. The lowest BCUT2D eigenvalue weighted by atomic mass is 10.3. The van der Waals surface area contributed by atoms with Crippen LogP contribution in [0.2, 0.25) is 0 Å². The van der Waals surface area contributed by atoms with Crippen molar-refractivity contribution in [2.24, 2.45) is 7.05 Å². The summed E-state index contributed by atoms with van der Waals surface area (Å²) in [5, 5.41) is 10.3. The number of benzene rings is 2. The Balaban J connectivity index is 1.68. The van der Waals surface area contributed by atoms with Crippen LogP contribution in [0.5, 0.6) is 11.5 Å². The molecule has 6 heteroatoms. The Morgan fingerprint density at radius 2 is 1.79 bits per heavy atom. The van der Waals surface area contributed by atoms with Gasteiger partial charge in [-0.05, 0) is 36.4 Å². The predicted molar refractivity (Wildman–Crippen MR) is 92.0 cm³/mol. The molecule has 3 N–H and O–H groups in total. The van der Waals surface area contributed by atoms with Gasteiger partial charge in [0.25, 0.3) is 0 Å². The van der Waals surface area contributed by atoms with Crippen LogP contribution in [0.1, 0.15) is 0 Å². The predicted octanol–water partition coefficient (Wildman–Crippen LogP) is 1.50. The van der Waals surface area contributed by atoms with Gasteiger partial charge in [-0.3, -0.25) is 5.73 Å². The van der Waals surface area contributed by atoms with Gasteiger partial charge in [0.15, 0.2) is 0 Å². The Labute approximate surface area is 140 Å². The zero-order valence-electron chi connectivity index (χ0n) is 13.8. The smallest absolute Gasteiger partial charge is 0.355 e. The minimum absolute atomic E-state index is 0.183. The Hall–Kier alpha value is -2.73. The molecule has 2 aromatic carbocycles. The van der Waals surface area contributed by atoms with E-state index in [9.17, 15) is 5.11 Å². The molecule has 6 nitrogen and oxygen atoms in total. The molecule has 0 fully saturated rings. The Morgan fingerprint density at radius 3 is 2.50 bits per heavy atom. The number of aliphatic hydroxyl groups excluding tert-OH is 1. The molecular weight excluding hydrogens is 306 g/mol. The van der Waals surface area contributed by atoms with Crippen molar-refractivity contribution in [1.29, 1.82) is 0 Å². The van der Waals surface area contributed by atoms with Gasteiger partial charge < -0.3 is 14.6 Å². The van der Waals surface area contributed by atoms with Crippen LogP contribution < -0.4 is 19.8 Å². The number of aromatic nitrogens is 2. The van der Waals surface area contributed by atoms with Crippen molar-refractivity contribution in [2.45, 2.75) is 12.6 Å². The van der Waals surface area contributed by atoms with Crippen LogP contribution in [0, 0.1) is 0 Å². The maximum atomic E-state index is 10.3. The van der Waals surface area contributed by atoms with Gasteiger partial charge in [-0.1, -0.05) is 12.1 Å². The largest absolute Gasteiger partial charge is 0.497 e. The van der Waals surface area contributed by atoms with E-state index in [0.29, 0.717) is 18.2 Å². The summed E-state index contributed by atoms with van der Waals surface area (Å²) in [6.07, 6.45) is -0.676. The highest BCUT2D eigenvalue weighted by Gasteiger charge is 2.20. The van der Waals surface area contributed by atoms with Crippen molar-refractivity contribution in [3.8, 4) is 11.5 Å². The highest BCUT2D eigenvalue weighted by atomic mass is 16.5. The first-order chi connectivity index (χ1) is 11.6. The molecule has 0 saturated heterocycles. The van der Waals surface area contributed by atoms with E-state index < -0.39 is 6.10 Å². The minimum atomic E-state index is -0.676. The molecule has 0 unspecified atom stereocenters. The second kappa shape index (κ2) is 6.80. The van der Waals surface area contributed by atoms with Crippen LogP contribution in [-0.2, 0) is 13.6 Å². The van der Waals surface area contributed by atoms with E-state index in [1.54, 1.807) is 7.11 Å². The van der Waals surface area contributed by atoms with Gasteiger partial charge in [0.1, 0.15) is 41.8 Å². The standard InChI is InChI=1S/C18H21N3O3/c1-20-16-5-3-4-6-17(16)21(18(20)19)11-13(22)12-24-15-9-7-14(23-2)8-10-15/h3-10,13,19,22H,11-12H2,1-2H3/p+1/t13-/m1/s1. The van der Waals surface area contributed by atoms with Crippen molar-refractivity contribution in [2.75, 3.05) is 19.5 Å². The van der Waals surface area contributed by atoms with Crippen LogP contribution in [0.3, 0.4) is 0 Å². The quantitative estimate of drug-likeness (QED) is 0.673. The van der Waals surface area contributed by atoms with Crippen LogP contribution in [0.15, 0.2) is 48.5 Å². The summed E-state index contributed by atoms with van der Waals surface area (Å²) in [6.45, 7) is 0.547. The molecule has 0 amide bonds. The number of nitrogen functional groups attached to an aromatic ring is 1. The van der Waals surface area contributed by atoms with E-state index in [1.165, 1.54) is 0 Å². The normalized spacial score (nSPS) is 12.3. The zero-order valence-corrected chi connectivity index (χ0v) is 13.8. The van der Waals surface area contributed by atoms with Crippen LogP contribution in [-0.4, -0.2) is 29.5 Å². The van der Waals surface area contributed by atoms with Gasteiger partial charge in [-0.15, -0.1) is 0 Å². The number of aliphatic hydroxyl groups is 1. The number of methoxy groups -OCH3 is 1. The first-order valence-electron chi connectivity index (χ1n) is 7.78. The molecule has 0 saturated carbocycles. The third-order valence-corrected chi connectivity index (χ3v) is 4.05. The highest BCUT2D eigenvalue weighted by Crippen LogP contribution is 2.18. The SMILES string of the molecule is COc1ccc(OC[C@H](O)Cn2c(N)[n+](C)c3ccccc32)cc1. The van der Waals surface area contributed by atoms with Crippen molar-refractivity contribution in [3.63, 3.8) is 0 Å². The van der Waals surface area contributed by atoms with E-state index >= 15 is 0 Å². The lowest BCUT2D eigenvalue weighted by Crippen LogP contribution is -2.32. The number of nitrogens with two attached hydrogens (primary N) is 1. The second-order valence-electron chi connectivity index (χ2n) is 5.66. The number of anilines is 1. The van der Waals surface area contributed by atoms with Crippen molar-refractivity contribution >= 4 is 17.0 Å². The lowest BCUT2D eigenvalue weighted by molar-refractivity contribution is -0.630.